The van der Waals surface area contributed by atoms with Crippen LogP contribution in [0.2, 0.25) is 0 Å². The van der Waals surface area contributed by atoms with Crippen molar-refractivity contribution in [3.8, 4) is 0 Å². The van der Waals surface area contributed by atoms with E-state index in [0.717, 1.165) is 31.8 Å². The third kappa shape index (κ3) is 4.45. The van der Waals surface area contributed by atoms with Crippen LogP contribution in [-0.2, 0) is 4.79 Å². The minimum Gasteiger partial charge on any atom is -0.379 e. The summed E-state index contributed by atoms with van der Waals surface area (Å²) >= 11 is 0. The zero-order chi connectivity index (χ0) is 16.2. The molecule has 4 heteroatoms. The van der Waals surface area contributed by atoms with Crippen molar-refractivity contribution in [2.45, 2.75) is 76.9 Å². The van der Waals surface area contributed by atoms with Crippen molar-refractivity contribution in [3.63, 3.8) is 0 Å². The largest absolute Gasteiger partial charge is 0.379 e. The van der Waals surface area contributed by atoms with Gasteiger partial charge in [0.2, 0.25) is 0 Å². The first-order valence-electron chi connectivity index (χ1n) is 9.14. The van der Waals surface area contributed by atoms with Crippen LogP contribution in [0.5, 0.6) is 0 Å². The molecule has 2 rings (SSSR count). The van der Waals surface area contributed by atoms with E-state index in [4.69, 9.17) is 0 Å². The molecule has 1 saturated heterocycles. The van der Waals surface area contributed by atoms with Crippen LogP contribution in [0.15, 0.2) is 0 Å². The Morgan fingerprint density at radius 2 is 1.95 bits per heavy atom. The lowest BCUT2D eigenvalue weighted by molar-refractivity contribution is -0.159. The van der Waals surface area contributed by atoms with Crippen LogP contribution in [-0.4, -0.2) is 59.1 Å². The molecule has 0 aromatic heterocycles. The summed E-state index contributed by atoms with van der Waals surface area (Å²) in [5.41, 5.74) is -1.18. The number of nitrogens with zero attached hydrogens (tertiary/aromatic N) is 2. The molecule has 1 aliphatic heterocycles. The molecule has 1 amide bonds. The molecule has 2 fully saturated rings. The first-order chi connectivity index (χ1) is 10.4. The smallest absolute Gasteiger partial charge is 0.255 e. The quantitative estimate of drug-likeness (QED) is 0.820. The Morgan fingerprint density at radius 3 is 2.59 bits per heavy atom. The third-order valence-corrected chi connectivity index (χ3v) is 5.63. The number of carbonyl (C=O) groups is 1. The van der Waals surface area contributed by atoms with Gasteiger partial charge in [0.15, 0.2) is 5.60 Å². The maximum atomic E-state index is 12.7. The van der Waals surface area contributed by atoms with Crippen LogP contribution in [0.4, 0.5) is 0 Å². The van der Waals surface area contributed by atoms with Crippen molar-refractivity contribution in [3.05, 3.63) is 0 Å². The van der Waals surface area contributed by atoms with Gasteiger partial charge in [0.1, 0.15) is 0 Å². The van der Waals surface area contributed by atoms with Crippen molar-refractivity contribution in [2.75, 3.05) is 26.7 Å². The average molecular weight is 310 g/mol. The number of likely N-dealkylation sites (tertiary alicyclic amines) is 1. The lowest BCUT2D eigenvalue weighted by Gasteiger charge is -2.41. The SMILES string of the molecule is CC(C)N(C)CC1(O)CCCN(CCC2CCCCC2)C1=O. The molecule has 0 aromatic carbocycles. The zero-order valence-electron chi connectivity index (χ0n) is 14.7. The first kappa shape index (κ1) is 17.7. The minimum atomic E-state index is -1.18. The predicted octanol–water partition coefficient (Wildman–Crippen LogP) is 2.65. The normalized spacial score (nSPS) is 27.9. The summed E-state index contributed by atoms with van der Waals surface area (Å²) in [6.07, 6.45) is 9.35. The van der Waals surface area contributed by atoms with Gasteiger partial charge in [-0.3, -0.25) is 4.79 Å². The molecule has 1 N–H and O–H groups in total. The molecule has 0 bridgehead atoms. The number of amides is 1. The molecular formula is C18H34N2O2. The van der Waals surface area contributed by atoms with E-state index in [1.807, 2.05) is 11.9 Å². The molecule has 1 unspecified atom stereocenters. The van der Waals surface area contributed by atoms with Gasteiger partial charge in [-0.05, 0) is 46.1 Å². The molecule has 1 saturated carbocycles. The third-order valence-electron chi connectivity index (χ3n) is 5.63. The molecule has 0 aromatic rings. The molecule has 128 valence electrons. The van der Waals surface area contributed by atoms with E-state index in [1.165, 1.54) is 32.1 Å². The topological polar surface area (TPSA) is 43.8 Å². The first-order valence-corrected chi connectivity index (χ1v) is 9.14. The summed E-state index contributed by atoms with van der Waals surface area (Å²) in [6, 6.07) is 0.342. The van der Waals surface area contributed by atoms with Gasteiger partial charge >= 0.3 is 0 Å². The number of hydrogen-bond donors (Lipinski definition) is 1. The van der Waals surface area contributed by atoms with Crippen molar-refractivity contribution in [2.24, 2.45) is 5.92 Å². The van der Waals surface area contributed by atoms with E-state index in [2.05, 4.69) is 18.7 Å². The highest BCUT2D eigenvalue weighted by atomic mass is 16.3. The van der Waals surface area contributed by atoms with E-state index in [-0.39, 0.29) is 5.91 Å². The van der Waals surface area contributed by atoms with E-state index in [0.29, 0.717) is 19.0 Å². The molecular weight excluding hydrogens is 276 g/mol. The van der Waals surface area contributed by atoms with Crippen molar-refractivity contribution in [1.29, 1.82) is 0 Å². The van der Waals surface area contributed by atoms with Gasteiger partial charge in [0.25, 0.3) is 5.91 Å². The lowest BCUT2D eigenvalue weighted by Crippen LogP contribution is -2.59. The molecule has 4 nitrogen and oxygen atoms in total. The standard InChI is InChI=1S/C18H34N2O2/c1-15(2)19(3)14-18(22)11-7-12-20(17(18)21)13-10-16-8-5-4-6-9-16/h15-16,22H,4-14H2,1-3H3. The summed E-state index contributed by atoms with van der Waals surface area (Å²) in [5.74, 6) is 0.747. The predicted molar refractivity (Wildman–Crippen MR) is 89.7 cm³/mol. The minimum absolute atomic E-state index is 0.0398. The molecule has 1 atom stereocenters. The van der Waals surface area contributed by atoms with Gasteiger partial charge in [-0.25, -0.2) is 0 Å². The number of piperidine rings is 1. The Labute approximate surface area is 135 Å². The van der Waals surface area contributed by atoms with Crippen LogP contribution >= 0.6 is 0 Å². The van der Waals surface area contributed by atoms with E-state index >= 15 is 0 Å². The van der Waals surface area contributed by atoms with Crippen molar-refractivity contribution >= 4 is 5.91 Å². The molecule has 0 spiro atoms. The number of aliphatic hydroxyl groups is 1. The fraction of sp³-hybridized carbons (Fsp3) is 0.944. The van der Waals surface area contributed by atoms with Crippen molar-refractivity contribution < 1.29 is 9.90 Å². The van der Waals surface area contributed by atoms with Crippen LogP contribution in [0.3, 0.4) is 0 Å². The monoisotopic (exact) mass is 310 g/mol. The highest BCUT2D eigenvalue weighted by Crippen LogP contribution is 2.29. The Hall–Kier alpha value is -0.610. The lowest BCUT2D eigenvalue weighted by atomic mass is 9.86. The van der Waals surface area contributed by atoms with Crippen LogP contribution in [0, 0.1) is 5.92 Å². The highest BCUT2D eigenvalue weighted by molar-refractivity contribution is 5.86. The number of rotatable bonds is 6. The van der Waals surface area contributed by atoms with Gasteiger partial charge < -0.3 is 14.9 Å². The van der Waals surface area contributed by atoms with Gasteiger partial charge in [-0.1, -0.05) is 32.1 Å². The zero-order valence-corrected chi connectivity index (χ0v) is 14.7. The summed E-state index contributed by atoms with van der Waals surface area (Å²) in [4.78, 5) is 16.7. The second-order valence-corrected chi connectivity index (χ2v) is 7.73. The molecule has 22 heavy (non-hydrogen) atoms. The molecule has 2 aliphatic rings. The summed E-state index contributed by atoms with van der Waals surface area (Å²) < 4.78 is 0. The summed E-state index contributed by atoms with van der Waals surface area (Å²) in [5, 5.41) is 10.8. The molecule has 1 aliphatic carbocycles. The van der Waals surface area contributed by atoms with Gasteiger partial charge in [-0.2, -0.15) is 0 Å². The fourth-order valence-electron chi connectivity index (χ4n) is 3.83. The van der Waals surface area contributed by atoms with Gasteiger partial charge in [0, 0.05) is 25.7 Å². The summed E-state index contributed by atoms with van der Waals surface area (Å²) in [6.45, 7) is 6.29. The second-order valence-electron chi connectivity index (χ2n) is 7.73. The van der Waals surface area contributed by atoms with Crippen LogP contribution in [0.25, 0.3) is 0 Å². The second kappa shape index (κ2) is 7.78. The Bertz CT molecular complexity index is 366. The van der Waals surface area contributed by atoms with Crippen LogP contribution in [0.1, 0.15) is 65.2 Å². The average Bonchev–Trinajstić information content (AvgIpc) is 2.50. The number of carbonyl (C=O) groups excluding carboxylic acids is 1. The van der Waals surface area contributed by atoms with Gasteiger partial charge in [0.05, 0.1) is 0 Å². The Morgan fingerprint density at radius 1 is 1.27 bits per heavy atom. The number of likely N-dealkylation sites (N-methyl/N-ethyl adjacent to an activating group) is 1. The fourth-order valence-corrected chi connectivity index (χ4v) is 3.83. The maximum absolute atomic E-state index is 12.7. The maximum Gasteiger partial charge on any atom is 0.255 e. The summed E-state index contributed by atoms with van der Waals surface area (Å²) in [7, 11) is 1.98. The van der Waals surface area contributed by atoms with E-state index in [9.17, 15) is 9.90 Å². The van der Waals surface area contributed by atoms with Crippen molar-refractivity contribution in [1.82, 2.24) is 9.80 Å². The van der Waals surface area contributed by atoms with E-state index < -0.39 is 5.60 Å². The van der Waals surface area contributed by atoms with Gasteiger partial charge in [-0.15, -0.1) is 0 Å². The van der Waals surface area contributed by atoms with Crippen LogP contribution < -0.4 is 0 Å². The molecule has 1 heterocycles. The highest BCUT2D eigenvalue weighted by Gasteiger charge is 2.43. The Balaban J connectivity index is 1.88. The Kier molecular flexibility index (Phi) is 6.27. The van der Waals surface area contributed by atoms with E-state index in [1.54, 1.807) is 0 Å². The number of hydrogen-bond acceptors (Lipinski definition) is 3. The molecule has 0 radical (unpaired) electrons.